The fourth-order valence-electron chi connectivity index (χ4n) is 2.82. The van der Waals surface area contributed by atoms with Crippen molar-refractivity contribution in [2.24, 2.45) is 5.41 Å². The Labute approximate surface area is 154 Å². The summed E-state index contributed by atoms with van der Waals surface area (Å²) < 4.78 is 39.2. The predicted molar refractivity (Wildman–Crippen MR) is 94.8 cm³/mol. The van der Waals surface area contributed by atoms with Gasteiger partial charge >= 0.3 is 6.18 Å². The van der Waals surface area contributed by atoms with Gasteiger partial charge in [-0.25, -0.2) is 0 Å². The molecule has 0 saturated heterocycles. The van der Waals surface area contributed by atoms with Crippen LogP contribution in [0.3, 0.4) is 0 Å². The minimum Gasteiger partial charge on any atom is -0.351 e. The van der Waals surface area contributed by atoms with Crippen LogP contribution in [0.25, 0.3) is 0 Å². The molecule has 0 radical (unpaired) electrons. The van der Waals surface area contributed by atoms with E-state index in [0.29, 0.717) is 12.8 Å². The lowest BCUT2D eigenvalue weighted by atomic mass is 10.0. The van der Waals surface area contributed by atoms with Gasteiger partial charge in [0, 0.05) is 6.54 Å². The normalized spacial score (nSPS) is 15.1. The molecule has 0 aliphatic heterocycles. The Morgan fingerprint density at radius 1 is 1.00 bits per heavy atom. The Kier molecular flexibility index (Phi) is 4.95. The van der Waals surface area contributed by atoms with Gasteiger partial charge in [0.1, 0.15) is 5.41 Å². The summed E-state index contributed by atoms with van der Waals surface area (Å²) in [4.78, 5) is 25.0. The lowest BCUT2D eigenvalue weighted by Gasteiger charge is -2.18. The van der Waals surface area contributed by atoms with Gasteiger partial charge in [0.15, 0.2) is 0 Å². The summed E-state index contributed by atoms with van der Waals surface area (Å²) in [5.74, 6) is -1.18. The standard InChI is InChI=1S/C20H19F3N2O2/c1-13-6-8-14(9-7-13)12-24-17(26)19(10-11-19)18(27)25-16-5-3-2-4-15(16)20(21,22)23/h2-9H,10-12H2,1H3,(H,24,26)(H,25,27). The Bertz CT molecular complexity index is 856. The first-order chi connectivity index (χ1) is 12.7. The maximum Gasteiger partial charge on any atom is 0.418 e. The van der Waals surface area contributed by atoms with E-state index >= 15 is 0 Å². The van der Waals surface area contributed by atoms with Crippen molar-refractivity contribution in [1.29, 1.82) is 0 Å². The molecule has 0 bridgehead atoms. The van der Waals surface area contributed by atoms with Gasteiger partial charge < -0.3 is 10.6 Å². The first-order valence-corrected chi connectivity index (χ1v) is 8.54. The maximum absolute atomic E-state index is 13.1. The quantitative estimate of drug-likeness (QED) is 0.774. The van der Waals surface area contributed by atoms with Crippen LogP contribution < -0.4 is 10.6 Å². The number of anilines is 1. The third-order valence-electron chi connectivity index (χ3n) is 4.67. The summed E-state index contributed by atoms with van der Waals surface area (Å²) >= 11 is 0. The monoisotopic (exact) mass is 376 g/mol. The van der Waals surface area contributed by atoms with E-state index in [1.807, 2.05) is 31.2 Å². The Hall–Kier alpha value is -2.83. The number of amides is 2. The number of para-hydroxylation sites is 1. The molecule has 4 nitrogen and oxygen atoms in total. The molecule has 0 unspecified atom stereocenters. The molecule has 27 heavy (non-hydrogen) atoms. The highest BCUT2D eigenvalue weighted by atomic mass is 19.4. The van der Waals surface area contributed by atoms with Crippen LogP contribution in [0.1, 0.15) is 29.5 Å². The molecular formula is C20H19F3N2O2. The van der Waals surface area contributed by atoms with E-state index in [2.05, 4.69) is 10.6 Å². The topological polar surface area (TPSA) is 58.2 Å². The van der Waals surface area contributed by atoms with Gasteiger partial charge in [0.25, 0.3) is 0 Å². The molecule has 0 aromatic heterocycles. The van der Waals surface area contributed by atoms with Gasteiger partial charge in [-0.2, -0.15) is 13.2 Å². The molecule has 142 valence electrons. The summed E-state index contributed by atoms with van der Waals surface area (Å²) in [7, 11) is 0. The van der Waals surface area contributed by atoms with Crippen LogP contribution in [-0.2, 0) is 22.3 Å². The zero-order chi connectivity index (χ0) is 19.7. The molecule has 0 heterocycles. The highest BCUT2D eigenvalue weighted by Gasteiger charge is 2.56. The average molecular weight is 376 g/mol. The third kappa shape index (κ3) is 4.13. The molecule has 3 rings (SSSR count). The molecule has 0 atom stereocenters. The van der Waals surface area contributed by atoms with Crippen molar-refractivity contribution in [2.75, 3.05) is 5.32 Å². The first-order valence-electron chi connectivity index (χ1n) is 8.54. The van der Waals surface area contributed by atoms with Crippen molar-refractivity contribution in [3.8, 4) is 0 Å². The largest absolute Gasteiger partial charge is 0.418 e. The van der Waals surface area contributed by atoms with E-state index in [9.17, 15) is 22.8 Å². The number of nitrogens with one attached hydrogen (secondary N) is 2. The van der Waals surface area contributed by atoms with Crippen molar-refractivity contribution in [3.63, 3.8) is 0 Å². The van der Waals surface area contributed by atoms with Crippen LogP contribution in [0.4, 0.5) is 18.9 Å². The molecular weight excluding hydrogens is 357 g/mol. The van der Waals surface area contributed by atoms with Crippen molar-refractivity contribution in [1.82, 2.24) is 5.32 Å². The number of hydrogen-bond donors (Lipinski definition) is 2. The number of hydrogen-bond acceptors (Lipinski definition) is 2. The summed E-state index contributed by atoms with van der Waals surface area (Å²) in [6.07, 6.45) is -3.96. The number of aryl methyl sites for hydroxylation is 1. The molecule has 0 spiro atoms. The van der Waals surface area contributed by atoms with E-state index in [-0.39, 0.29) is 12.2 Å². The number of carbonyl (C=O) groups is 2. The van der Waals surface area contributed by atoms with E-state index in [0.717, 1.165) is 17.2 Å². The van der Waals surface area contributed by atoms with Crippen molar-refractivity contribution < 1.29 is 22.8 Å². The SMILES string of the molecule is Cc1ccc(CNC(=O)C2(C(=O)Nc3ccccc3C(F)(F)F)CC2)cc1. The van der Waals surface area contributed by atoms with Crippen LogP contribution >= 0.6 is 0 Å². The second-order valence-electron chi connectivity index (χ2n) is 6.75. The molecule has 1 aliphatic carbocycles. The van der Waals surface area contributed by atoms with E-state index in [1.165, 1.54) is 18.2 Å². The van der Waals surface area contributed by atoms with Gasteiger partial charge in [-0.05, 0) is 37.5 Å². The zero-order valence-corrected chi connectivity index (χ0v) is 14.7. The second-order valence-corrected chi connectivity index (χ2v) is 6.75. The van der Waals surface area contributed by atoms with Gasteiger partial charge in [0.2, 0.25) is 11.8 Å². The average Bonchev–Trinajstić information content (AvgIpc) is 3.42. The fourth-order valence-corrected chi connectivity index (χ4v) is 2.82. The number of carbonyl (C=O) groups excluding carboxylic acids is 2. The minimum atomic E-state index is -4.59. The smallest absolute Gasteiger partial charge is 0.351 e. The van der Waals surface area contributed by atoms with Gasteiger partial charge in [-0.15, -0.1) is 0 Å². The Balaban J connectivity index is 1.68. The van der Waals surface area contributed by atoms with Crippen molar-refractivity contribution in [2.45, 2.75) is 32.5 Å². The van der Waals surface area contributed by atoms with Crippen molar-refractivity contribution >= 4 is 17.5 Å². The summed E-state index contributed by atoms with van der Waals surface area (Å²) in [6, 6.07) is 12.3. The molecule has 7 heteroatoms. The van der Waals surface area contributed by atoms with Crippen LogP contribution in [0, 0.1) is 12.3 Å². The van der Waals surface area contributed by atoms with Crippen LogP contribution in [0.5, 0.6) is 0 Å². The number of halogens is 3. The number of rotatable bonds is 5. The summed E-state index contributed by atoms with van der Waals surface area (Å²) in [6.45, 7) is 2.21. The summed E-state index contributed by atoms with van der Waals surface area (Å²) in [5, 5.41) is 5.00. The fraction of sp³-hybridized carbons (Fsp3) is 0.300. The Morgan fingerprint density at radius 2 is 1.63 bits per heavy atom. The van der Waals surface area contributed by atoms with Gasteiger partial charge in [0.05, 0.1) is 11.3 Å². The Morgan fingerprint density at radius 3 is 2.22 bits per heavy atom. The lowest BCUT2D eigenvalue weighted by molar-refractivity contribution is -0.137. The highest BCUT2D eigenvalue weighted by molar-refractivity contribution is 6.13. The maximum atomic E-state index is 13.1. The highest BCUT2D eigenvalue weighted by Crippen LogP contribution is 2.47. The second kappa shape index (κ2) is 7.06. The van der Waals surface area contributed by atoms with E-state index in [4.69, 9.17) is 0 Å². The lowest BCUT2D eigenvalue weighted by Crippen LogP contribution is -2.39. The minimum absolute atomic E-state index is 0.257. The van der Waals surface area contributed by atoms with Crippen molar-refractivity contribution in [3.05, 3.63) is 65.2 Å². The number of alkyl halides is 3. The molecule has 2 aromatic carbocycles. The summed E-state index contributed by atoms with van der Waals surface area (Å²) in [5.41, 5.74) is -0.607. The van der Waals surface area contributed by atoms with Crippen LogP contribution in [0.15, 0.2) is 48.5 Å². The van der Waals surface area contributed by atoms with Crippen LogP contribution in [0.2, 0.25) is 0 Å². The molecule has 1 aliphatic rings. The van der Waals surface area contributed by atoms with E-state index < -0.39 is 29.0 Å². The van der Waals surface area contributed by atoms with Crippen LogP contribution in [-0.4, -0.2) is 11.8 Å². The third-order valence-corrected chi connectivity index (χ3v) is 4.67. The molecule has 1 fully saturated rings. The first kappa shape index (κ1) is 18.9. The molecule has 2 amide bonds. The number of benzene rings is 2. The molecule has 2 N–H and O–H groups in total. The molecule has 2 aromatic rings. The van der Waals surface area contributed by atoms with E-state index in [1.54, 1.807) is 0 Å². The predicted octanol–water partition coefficient (Wildman–Crippen LogP) is 4.05. The van der Waals surface area contributed by atoms with Gasteiger partial charge in [-0.3, -0.25) is 9.59 Å². The zero-order valence-electron chi connectivity index (χ0n) is 14.7. The van der Waals surface area contributed by atoms with Gasteiger partial charge in [-0.1, -0.05) is 42.0 Å². The molecule has 1 saturated carbocycles.